The number of H-pyrrole nitrogens is 1. The Bertz CT molecular complexity index is 642. The van der Waals surface area contributed by atoms with Crippen LogP contribution in [0.15, 0.2) is 29.6 Å². The standard InChI is InChI=1S/C12H9NO3/c1-2-7-3-8-4-10-11(16-6-15-10)5-9(8)13-12(7)14/h2-5H,1,6H2,(H,13,14). The molecular weight excluding hydrogens is 206 g/mol. The van der Waals surface area contributed by atoms with E-state index in [1.165, 1.54) is 6.08 Å². The summed E-state index contributed by atoms with van der Waals surface area (Å²) in [6.45, 7) is 3.82. The molecule has 4 heteroatoms. The minimum atomic E-state index is -0.152. The van der Waals surface area contributed by atoms with Crippen molar-refractivity contribution in [1.82, 2.24) is 4.98 Å². The van der Waals surface area contributed by atoms with Crippen molar-refractivity contribution in [2.75, 3.05) is 6.79 Å². The first-order chi connectivity index (χ1) is 7.78. The molecule has 80 valence electrons. The van der Waals surface area contributed by atoms with Gasteiger partial charge in [-0.25, -0.2) is 0 Å². The lowest BCUT2D eigenvalue weighted by Crippen LogP contribution is -2.08. The highest BCUT2D eigenvalue weighted by Crippen LogP contribution is 2.35. The molecule has 2 heterocycles. The Morgan fingerprint density at radius 3 is 2.75 bits per heavy atom. The zero-order chi connectivity index (χ0) is 11.1. The number of ether oxygens (including phenoxy) is 2. The number of hydrogen-bond donors (Lipinski definition) is 1. The summed E-state index contributed by atoms with van der Waals surface area (Å²) in [6.07, 6.45) is 1.53. The average molecular weight is 215 g/mol. The van der Waals surface area contributed by atoms with Crippen molar-refractivity contribution in [1.29, 1.82) is 0 Å². The van der Waals surface area contributed by atoms with Crippen LogP contribution in [-0.2, 0) is 0 Å². The second-order valence-electron chi connectivity index (χ2n) is 3.55. The minimum Gasteiger partial charge on any atom is -0.454 e. The molecule has 0 amide bonds. The molecule has 0 spiro atoms. The van der Waals surface area contributed by atoms with Gasteiger partial charge in [0.25, 0.3) is 5.56 Å². The van der Waals surface area contributed by atoms with Crippen LogP contribution in [0, 0.1) is 0 Å². The van der Waals surface area contributed by atoms with Crippen LogP contribution in [0.3, 0.4) is 0 Å². The lowest BCUT2D eigenvalue weighted by Gasteiger charge is -2.01. The molecule has 4 nitrogen and oxygen atoms in total. The number of benzene rings is 1. The van der Waals surface area contributed by atoms with E-state index in [0.29, 0.717) is 17.1 Å². The quantitative estimate of drug-likeness (QED) is 0.790. The molecule has 0 saturated carbocycles. The van der Waals surface area contributed by atoms with E-state index in [4.69, 9.17) is 9.47 Å². The van der Waals surface area contributed by atoms with Crippen molar-refractivity contribution >= 4 is 17.0 Å². The van der Waals surface area contributed by atoms with Crippen molar-refractivity contribution in [3.63, 3.8) is 0 Å². The van der Waals surface area contributed by atoms with Gasteiger partial charge in [0.15, 0.2) is 11.5 Å². The molecule has 1 aliphatic rings. The van der Waals surface area contributed by atoms with Crippen LogP contribution in [-0.4, -0.2) is 11.8 Å². The number of aromatic amines is 1. The van der Waals surface area contributed by atoms with Gasteiger partial charge in [-0.15, -0.1) is 0 Å². The molecule has 0 bridgehead atoms. The largest absolute Gasteiger partial charge is 0.454 e. The first kappa shape index (κ1) is 9.03. The summed E-state index contributed by atoms with van der Waals surface area (Å²) in [7, 11) is 0. The van der Waals surface area contributed by atoms with Gasteiger partial charge in [0, 0.05) is 17.0 Å². The van der Waals surface area contributed by atoms with Crippen molar-refractivity contribution in [2.45, 2.75) is 0 Å². The van der Waals surface area contributed by atoms with Crippen LogP contribution < -0.4 is 15.0 Å². The number of rotatable bonds is 1. The van der Waals surface area contributed by atoms with Crippen molar-refractivity contribution in [3.8, 4) is 11.5 Å². The van der Waals surface area contributed by atoms with Gasteiger partial charge >= 0.3 is 0 Å². The van der Waals surface area contributed by atoms with E-state index >= 15 is 0 Å². The first-order valence-electron chi connectivity index (χ1n) is 4.87. The third kappa shape index (κ3) is 1.20. The molecule has 3 rings (SSSR count). The molecule has 1 N–H and O–H groups in total. The Morgan fingerprint density at radius 1 is 1.25 bits per heavy atom. The van der Waals surface area contributed by atoms with Gasteiger partial charge in [-0.1, -0.05) is 12.7 Å². The van der Waals surface area contributed by atoms with E-state index in [9.17, 15) is 4.79 Å². The second-order valence-corrected chi connectivity index (χ2v) is 3.55. The summed E-state index contributed by atoms with van der Waals surface area (Å²) < 4.78 is 10.5. The third-order valence-corrected chi connectivity index (χ3v) is 2.59. The Hall–Kier alpha value is -2.23. The highest BCUT2D eigenvalue weighted by Gasteiger charge is 2.14. The monoisotopic (exact) mass is 215 g/mol. The van der Waals surface area contributed by atoms with Gasteiger partial charge in [-0.05, 0) is 12.1 Å². The molecule has 1 aromatic carbocycles. The smallest absolute Gasteiger partial charge is 0.255 e. The third-order valence-electron chi connectivity index (χ3n) is 2.59. The Balaban J connectivity index is 2.36. The van der Waals surface area contributed by atoms with Crippen molar-refractivity contribution in [2.24, 2.45) is 0 Å². The second kappa shape index (κ2) is 3.13. The van der Waals surface area contributed by atoms with E-state index in [-0.39, 0.29) is 12.4 Å². The van der Waals surface area contributed by atoms with Crippen molar-refractivity contribution in [3.05, 3.63) is 40.7 Å². The Labute approximate surface area is 91.1 Å². The summed E-state index contributed by atoms with van der Waals surface area (Å²) in [5.41, 5.74) is 1.13. The lowest BCUT2D eigenvalue weighted by molar-refractivity contribution is 0.174. The number of pyridine rings is 1. The predicted octanol–water partition coefficient (Wildman–Crippen LogP) is 1.90. The van der Waals surface area contributed by atoms with Gasteiger partial charge in [0.2, 0.25) is 6.79 Å². The summed E-state index contributed by atoms with van der Waals surface area (Å²) in [5, 5.41) is 0.902. The summed E-state index contributed by atoms with van der Waals surface area (Å²) in [6, 6.07) is 5.40. The molecule has 1 aliphatic heterocycles. The first-order valence-corrected chi connectivity index (χ1v) is 4.87. The molecule has 16 heavy (non-hydrogen) atoms. The number of nitrogens with one attached hydrogen (secondary N) is 1. The van der Waals surface area contributed by atoms with Crippen LogP contribution in [0.25, 0.3) is 17.0 Å². The van der Waals surface area contributed by atoms with E-state index in [2.05, 4.69) is 11.6 Å². The fourth-order valence-corrected chi connectivity index (χ4v) is 1.76. The minimum absolute atomic E-state index is 0.152. The van der Waals surface area contributed by atoms with Gasteiger partial charge in [-0.2, -0.15) is 0 Å². The normalized spacial score (nSPS) is 13.0. The molecule has 0 radical (unpaired) electrons. The van der Waals surface area contributed by atoms with E-state index in [1.54, 1.807) is 12.1 Å². The van der Waals surface area contributed by atoms with Crippen LogP contribution >= 0.6 is 0 Å². The maximum atomic E-state index is 11.6. The predicted molar refractivity (Wildman–Crippen MR) is 60.8 cm³/mol. The molecule has 2 aromatic rings. The SMILES string of the molecule is C=Cc1cc2cc3c(cc2[nH]c1=O)OCO3. The molecule has 0 atom stereocenters. The summed E-state index contributed by atoms with van der Waals surface area (Å²) in [5.74, 6) is 1.36. The van der Waals surface area contributed by atoms with E-state index in [1.807, 2.05) is 6.07 Å². The molecule has 0 aliphatic carbocycles. The van der Waals surface area contributed by atoms with Crippen LogP contribution in [0.1, 0.15) is 5.56 Å². The molecule has 1 aromatic heterocycles. The fraction of sp³-hybridized carbons (Fsp3) is 0.0833. The van der Waals surface area contributed by atoms with Crippen LogP contribution in [0.4, 0.5) is 0 Å². The average Bonchev–Trinajstić information content (AvgIpc) is 2.72. The zero-order valence-electron chi connectivity index (χ0n) is 8.45. The molecular formula is C12H9NO3. The summed E-state index contributed by atoms with van der Waals surface area (Å²) >= 11 is 0. The maximum absolute atomic E-state index is 11.6. The number of hydrogen-bond acceptors (Lipinski definition) is 3. The summed E-state index contributed by atoms with van der Waals surface area (Å²) in [4.78, 5) is 14.3. The Kier molecular flexibility index (Phi) is 1.77. The van der Waals surface area contributed by atoms with Gasteiger partial charge in [-0.3, -0.25) is 4.79 Å². The highest BCUT2D eigenvalue weighted by atomic mass is 16.7. The van der Waals surface area contributed by atoms with Gasteiger partial charge in [0.05, 0.1) is 5.52 Å². The van der Waals surface area contributed by atoms with Gasteiger partial charge < -0.3 is 14.5 Å². The number of fused-ring (bicyclic) bond motifs is 2. The van der Waals surface area contributed by atoms with Crippen LogP contribution in [0.5, 0.6) is 11.5 Å². The Morgan fingerprint density at radius 2 is 2.00 bits per heavy atom. The fourth-order valence-electron chi connectivity index (χ4n) is 1.76. The molecule has 0 unspecified atom stereocenters. The number of aromatic nitrogens is 1. The van der Waals surface area contributed by atoms with E-state index < -0.39 is 0 Å². The zero-order valence-corrected chi connectivity index (χ0v) is 8.45. The molecule has 0 fully saturated rings. The molecule has 0 saturated heterocycles. The lowest BCUT2D eigenvalue weighted by atomic mass is 10.1. The topological polar surface area (TPSA) is 51.3 Å². The van der Waals surface area contributed by atoms with Crippen molar-refractivity contribution < 1.29 is 9.47 Å². The maximum Gasteiger partial charge on any atom is 0.255 e. The highest BCUT2D eigenvalue weighted by molar-refractivity contribution is 5.84. The van der Waals surface area contributed by atoms with Gasteiger partial charge in [0.1, 0.15) is 0 Å². The van der Waals surface area contributed by atoms with E-state index in [0.717, 1.165) is 10.9 Å². The van der Waals surface area contributed by atoms with Crippen LogP contribution in [0.2, 0.25) is 0 Å².